The van der Waals surface area contributed by atoms with Crippen molar-refractivity contribution in [1.29, 1.82) is 0 Å². The van der Waals surface area contributed by atoms with E-state index in [1.807, 2.05) is 4.57 Å². The molecule has 0 aliphatic carbocycles. The average Bonchev–Trinajstić information content (AvgIpc) is 3.17. The Hall–Kier alpha value is -1.56. The topological polar surface area (TPSA) is 38.9 Å². The molecular formula is C16H21Cl2N5. The molecule has 4 rings (SSSR count). The number of likely N-dealkylation sites (tertiary alicyclic amines) is 1. The monoisotopic (exact) mass is 353 g/mol. The summed E-state index contributed by atoms with van der Waals surface area (Å²) in [5.74, 6) is 0. The highest BCUT2D eigenvalue weighted by Crippen LogP contribution is 2.28. The van der Waals surface area contributed by atoms with E-state index in [1.165, 1.54) is 36.8 Å². The Morgan fingerprint density at radius 3 is 2.39 bits per heavy atom. The van der Waals surface area contributed by atoms with Gasteiger partial charge in [0.1, 0.15) is 12.7 Å². The molecule has 0 atom stereocenters. The van der Waals surface area contributed by atoms with E-state index in [0.717, 1.165) is 5.69 Å². The van der Waals surface area contributed by atoms with Crippen molar-refractivity contribution in [2.24, 2.45) is 0 Å². The predicted molar refractivity (Wildman–Crippen MR) is 97.1 cm³/mol. The zero-order valence-electron chi connectivity index (χ0n) is 13.0. The van der Waals surface area contributed by atoms with Crippen LogP contribution >= 0.6 is 24.8 Å². The number of nitrogens with zero attached hydrogens (tertiary/aromatic N) is 5. The van der Waals surface area contributed by atoms with Crippen molar-refractivity contribution < 1.29 is 0 Å². The van der Waals surface area contributed by atoms with Crippen molar-refractivity contribution in [2.75, 3.05) is 20.1 Å². The third kappa shape index (κ3) is 3.37. The molecule has 1 aliphatic heterocycles. The molecule has 0 amide bonds. The maximum Gasteiger partial charge on any atom is 0.123 e. The number of aromatic nitrogens is 4. The average molecular weight is 354 g/mol. The van der Waals surface area contributed by atoms with E-state index in [0.29, 0.717) is 6.04 Å². The molecule has 3 aromatic rings. The summed E-state index contributed by atoms with van der Waals surface area (Å²) < 4.78 is 4.39. The van der Waals surface area contributed by atoms with Crippen LogP contribution in [0.4, 0.5) is 0 Å². The SMILES string of the molecule is CN1CCC(n2ccc3ccc(-n4cnnc4)cc32)CC1.Cl.Cl. The zero-order valence-corrected chi connectivity index (χ0v) is 14.6. The quantitative estimate of drug-likeness (QED) is 0.709. The van der Waals surface area contributed by atoms with Crippen molar-refractivity contribution in [2.45, 2.75) is 18.9 Å². The number of fused-ring (bicyclic) bond motifs is 1. The molecule has 23 heavy (non-hydrogen) atoms. The summed E-state index contributed by atoms with van der Waals surface area (Å²) >= 11 is 0. The molecule has 1 aromatic carbocycles. The summed E-state index contributed by atoms with van der Waals surface area (Å²) in [6, 6.07) is 9.34. The fraction of sp³-hybridized carbons (Fsp3) is 0.375. The van der Waals surface area contributed by atoms with Crippen molar-refractivity contribution in [3.63, 3.8) is 0 Å². The van der Waals surface area contributed by atoms with E-state index in [-0.39, 0.29) is 24.8 Å². The van der Waals surface area contributed by atoms with Crippen LogP contribution in [0, 0.1) is 0 Å². The predicted octanol–water partition coefficient (Wildman–Crippen LogP) is 3.33. The lowest BCUT2D eigenvalue weighted by molar-refractivity contribution is 0.224. The van der Waals surface area contributed by atoms with E-state index in [9.17, 15) is 0 Å². The molecule has 124 valence electrons. The first-order valence-electron chi connectivity index (χ1n) is 7.45. The Bertz CT molecular complexity index is 745. The fourth-order valence-electron chi connectivity index (χ4n) is 3.22. The Balaban J connectivity index is 0.000000960. The van der Waals surface area contributed by atoms with Crippen LogP contribution < -0.4 is 0 Å². The van der Waals surface area contributed by atoms with Gasteiger partial charge in [0.2, 0.25) is 0 Å². The van der Waals surface area contributed by atoms with Crippen LogP contribution in [-0.4, -0.2) is 44.4 Å². The maximum absolute atomic E-state index is 3.89. The van der Waals surface area contributed by atoms with Gasteiger partial charge in [0.05, 0.1) is 11.2 Å². The smallest absolute Gasteiger partial charge is 0.123 e. The Morgan fingerprint density at radius 1 is 1.00 bits per heavy atom. The zero-order chi connectivity index (χ0) is 14.2. The standard InChI is InChI=1S/C16H19N5.2ClH/c1-19-7-5-14(6-8-19)21-9-4-13-2-3-15(10-16(13)21)20-11-17-18-12-20;;/h2-4,9-12,14H,5-8H2,1H3;2*1H. The van der Waals surface area contributed by atoms with Gasteiger partial charge in [0, 0.05) is 12.2 Å². The molecule has 0 radical (unpaired) electrons. The summed E-state index contributed by atoms with van der Waals surface area (Å²) in [4.78, 5) is 2.41. The maximum atomic E-state index is 3.89. The molecule has 0 N–H and O–H groups in total. The van der Waals surface area contributed by atoms with Gasteiger partial charge in [0.15, 0.2) is 0 Å². The summed E-state index contributed by atoms with van der Waals surface area (Å²) in [5.41, 5.74) is 2.41. The van der Waals surface area contributed by atoms with Crippen LogP contribution in [0.1, 0.15) is 18.9 Å². The van der Waals surface area contributed by atoms with Crippen LogP contribution in [-0.2, 0) is 0 Å². The second-order valence-corrected chi connectivity index (χ2v) is 5.87. The van der Waals surface area contributed by atoms with E-state index < -0.39 is 0 Å². The lowest BCUT2D eigenvalue weighted by atomic mass is 10.1. The highest BCUT2D eigenvalue weighted by Gasteiger charge is 2.19. The van der Waals surface area contributed by atoms with Crippen molar-refractivity contribution in [3.8, 4) is 5.69 Å². The highest BCUT2D eigenvalue weighted by atomic mass is 35.5. The summed E-state index contributed by atoms with van der Waals surface area (Å²) in [6.07, 6.45) is 8.15. The molecule has 0 bridgehead atoms. The molecule has 7 heteroatoms. The number of halogens is 2. The third-order valence-corrected chi connectivity index (χ3v) is 4.51. The largest absolute Gasteiger partial charge is 0.344 e. The third-order valence-electron chi connectivity index (χ3n) is 4.51. The van der Waals surface area contributed by atoms with E-state index >= 15 is 0 Å². The van der Waals surface area contributed by atoms with Gasteiger partial charge in [-0.15, -0.1) is 35.0 Å². The fourth-order valence-corrected chi connectivity index (χ4v) is 3.22. The van der Waals surface area contributed by atoms with E-state index in [2.05, 4.69) is 57.2 Å². The Labute approximate surface area is 148 Å². The molecule has 5 nitrogen and oxygen atoms in total. The number of hydrogen-bond donors (Lipinski definition) is 0. The van der Waals surface area contributed by atoms with Crippen molar-refractivity contribution >= 4 is 35.7 Å². The number of rotatable bonds is 2. The lowest BCUT2D eigenvalue weighted by Gasteiger charge is -2.30. The normalized spacial score (nSPS) is 16.0. The number of benzene rings is 1. The van der Waals surface area contributed by atoms with E-state index in [1.54, 1.807) is 12.7 Å². The van der Waals surface area contributed by atoms with Crippen LogP contribution in [0.15, 0.2) is 43.1 Å². The van der Waals surface area contributed by atoms with Gasteiger partial charge in [0.25, 0.3) is 0 Å². The van der Waals surface area contributed by atoms with Gasteiger partial charge < -0.3 is 9.47 Å². The highest BCUT2D eigenvalue weighted by molar-refractivity contribution is 5.85. The van der Waals surface area contributed by atoms with Gasteiger partial charge >= 0.3 is 0 Å². The molecule has 0 saturated carbocycles. The van der Waals surface area contributed by atoms with Gasteiger partial charge in [-0.25, -0.2) is 0 Å². The molecular weight excluding hydrogens is 333 g/mol. The molecule has 1 saturated heterocycles. The first-order valence-corrected chi connectivity index (χ1v) is 7.45. The molecule has 1 fully saturated rings. The van der Waals surface area contributed by atoms with Crippen LogP contribution in [0.2, 0.25) is 0 Å². The Morgan fingerprint density at radius 2 is 1.70 bits per heavy atom. The molecule has 0 spiro atoms. The van der Waals surface area contributed by atoms with E-state index in [4.69, 9.17) is 0 Å². The summed E-state index contributed by atoms with van der Waals surface area (Å²) in [6.45, 7) is 2.35. The minimum absolute atomic E-state index is 0. The van der Waals surface area contributed by atoms with Gasteiger partial charge in [-0.1, -0.05) is 6.07 Å². The number of hydrogen-bond acceptors (Lipinski definition) is 3. The minimum atomic E-state index is 0. The van der Waals surface area contributed by atoms with Gasteiger partial charge in [-0.3, -0.25) is 4.57 Å². The summed E-state index contributed by atoms with van der Waals surface area (Å²) in [7, 11) is 2.20. The first kappa shape index (κ1) is 17.8. The number of piperidine rings is 1. The molecule has 2 aromatic heterocycles. The molecule has 0 unspecified atom stereocenters. The van der Waals surface area contributed by atoms with Crippen LogP contribution in [0.25, 0.3) is 16.6 Å². The molecule has 3 heterocycles. The molecule has 1 aliphatic rings. The van der Waals surface area contributed by atoms with Gasteiger partial charge in [-0.2, -0.15) is 0 Å². The minimum Gasteiger partial charge on any atom is -0.344 e. The van der Waals surface area contributed by atoms with Crippen molar-refractivity contribution in [1.82, 2.24) is 24.2 Å². The van der Waals surface area contributed by atoms with Crippen LogP contribution in [0.5, 0.6) is 0 Å². The second-order valence-electron chi connectivity index (χ2n) is 5.87. The second kappa shape index (κ2) is 7.34. The lowest BCUT2D eigenvalue weighted by Crippen LogP contribution is -2.31. The van der Waals surface area contributed by atoms with Crippen molar-refractivity contribution in [3.05, 3.63) is 43.1 Å². The van der Waals surface area contributed by atoms with Gasteiger partial charge in [-0.05, 0) is 56.6 Å². The first-order chi connectivity index (χ1) is 10.3. The Kier molecular flexibility index (Phi) is 5.68. The summed E-state index contributed by atoms with van der Waals surface area (Å²) in [5, 5.41) is 9.07. The van der Waals surface area contributed by atoms with Crippen LogP contribution in [0.3, 0.4) is 0 Å².